The van der Waals surface area contributed by atoms with E-state index in [4.69, 9.17) is 14.2 Å². The van der Waals surface area contributed by atoms with Crippen LogP contribution in [0.15, 0.2) is 35.9 Å². The van der Waals surface area contributed by atoms with Crippen molar-refractivity contribution in [1.29, 1.82) is 0 Å². The van der Waals surface area contributed by atoms with Gasteiger partial charge in [-0.2, -0.15) is 0 Å². The van der Waals surface area contributed by atoms with Crippen molar-refractivity contribution in [3.8, 4) is 17.2 Å². The van der Waals surface area contributed by atoms with Crippen LogP contribution in [-0.2, 0) is 14.3 Å². The van der Waals surface area contributed by atoms with Gasteiger partial charge in [-0.15, -0.1) is 0 Å². The molecule has 2 aromatic carbocycles. The van der Waals surface area contributed by atoms with Crippen molar-refractivity contribution in [1.82, 2.24) is 4.90 Å². The first kappa shape index (κ1) is 23.1. The highest BCUT2D eigenvalue weighted by atomic mass is 16.5. The Kier molecular flexibility index (Phi) is 6.74. The van der Waals surface area contributed by atoms with Crippen LogP contribution in [0.2, 0.25) is 0 Å². The maximum absolute atomic E-state index is 13.0. The van der Waals surface area contributed by atoms with Crippen LogP contribution in [-0.4, -0.2) is 61.3 Å². The molecule has 0 aliphatic carbocycles. The molecule has 0 bridgehead atoms. The summed E-state index contributed by atoms with van der Waals surface area (Å²) in [5, 5.41) is 21.5. The van der Waals surface area contributed by atoms with Crippen LogP contribution in [0, 0.1) is 13.8 Å². The molecule has 170 valence electrons. The number of aryl methyl sites for hydroxylation is 2. The molecule has 1 saturated heterocycles. The second-order valence-electron chi connectivity index (χ2n) is 7.55. The highest BCUT2D eigenvalue weighted by Crippen LogP contribution is 2.42. The molecule has 0 aromatic heterocycles. The Labute approximate surface area is 186 Å². The van der Waals surface area contributed by atoms with Crippen LogP contribution in [0.25, 0.3) is 5.76 Å². The van der Waals surface area contributed by atoms with E-state index in [1.54, 1.807) is 38.3 Å². The number of hydrogen-bond donors (Lipinski definition) is 2. The maximum Gasteiger partial charge on any atom is 0.295 e. The maximum atomic E-state index is 13.0. The van der Waals surface area contributed by atoms with E-state index in [0.29, 0.717) is 22.4 Å². The molecule has 1 atom stereocenters. The fraction of sp³-hybridized carbons (Fsp3) is 0.333. The molecule has 0 radical (unpaired) electrons. The van der Waals surface area contributed by atoms with Gasteiger partial charge in [0.05, 0.1) is 32.4 Å². The number of carbonyl (C=O) groups excluding carboxylic acids is 2. The second-order valence-corrected chi connectivity index (χ2v) is 7.55. The fourth-order valence-corrected chi connectivity index (χ4v) is 3.93. The third kappa shape index (κ3) is 4.01. The normalized spacial score (nSPS) is 17.7. The first-order chi connectivity index (χ1) is 15.2. The van der Waals surface area contributed by atoms with Crippen molar-refractivity contribution in [2.45, 2.75) is 19.9 Å². The summed E-state index contributed by atoms with van der Waals surface area (Å²) in [5.74, 6) is -1.07. The van der Waals surface area contributed by atoms with Crippen molar-refractivity contribution in [3.05, 3.63) is 58.2 Å². The molecular weight excluding hydrogens is 414 g/mol. The Bertz CT molecular complexity index is 1090. The number of ketones is 1. The van der Waals surface area contributed by atoms with Gasteiger partial charge in [0.25, 0.3) is 11.7 Å². The summed E-state index contributed by atoms with van der Waals surface area (Å²) < 4.78 is 15.5. The Hall–Kier alpha value is -3.52. The standard InChI is InChI=1S/C24H27NO7/c1-13-11-19(32-5)14(2)10-16(13)22(27)20-21(15-6-7-18(31-4)17(26)12-15)25(8-9-30-3)24(29)23(20)28/h6-7,10-12,21,26-27H,8-9H2,1-5H3/b22-20+. The second kappa shape index (κ2) is 9.32. The number of ether oxygens (including phenoxy) is 3. The van der Waals surface area contributed by atoms with E-state index in [-0.39, 0.29) is 36.0 Å². The number of benzene rings is 2. The summed E-state index contributed by atoms with van der Waals surface area (Å²) in [4.78, 5) is 27.3. The summed E-state index contributed by atoms with van der Waals surface area (Å²) in [6.45, 7) is 3.94. The number of aromatic hydroxyl groups is 1. The third-order valence-corrected chi connectivity index (χ3v) is 5.59. The summed E-state index contributed by atoms with van der Waals surface area (Å²) in [7, 11) is 4.47. The number of rotatable bonds is 7. The lowest BCUT2D eigenvalue weighted by molar-refractivity contribution is -0.140. The molecule has 2 aromatic rings. The molecule has 8 heteroatoms. The number of phenols is 1. The number of aliphatic hydroxyl groups excluding tert-OH is 1. The number of aliphatic hydroxyl groups is 1. The number of phenolic OH excluding ortho intramolecular Hbond substituents is 1. The van der Waals surface area contributed by atoms with Crippen molar-refractivity contribution >= 4 is 17.4 Å². The number of carbonyl (C=O) groups is 2. The van der Waals surface area contributed by atoms with Crippen LogP contribution < -0.4 is 9.47 Å². The van der Waals surface area contributed by atoms with E-state index in [9.17, 15) is 19.8 Å². The molecule has 0 spiro atoms. The fourth-order valence-electron chi connectivity index (χ4n) is 3.93. The van der Waals surface area contributed by atoms with E-state index >= 15 is 0 Å². The van der Waals surface area contributed by atoms with Gasteiger partial charge in [-0.05, 0) is 54.8 Å². The van der Waals surface area contributed by atoms with Crippen LogP contribution in [0.4, 0.5) is 0 Å². The summed E-state index contributed by atoms with van der Waals surface area (Å²) in [6.07, 6.45) is 0. The van der Waals surface area contributed by atoms with Gasteiger partial charge in [0.1, 0.15) is 11.5 Å². The molecule has 1 amide bonds. The van der Waals surface area contributed by atoms with Crippen LogP contribution in [0.1, 0.15) is 28.3 Å². The van der Waals surface area contributed by atoms with Crippen LogP contribution in [0.5, 0.6) is 17.2 Å². The van der Waals surface area contributed by atoms with E-state index in [0.717, 1.165) is 5.56 Å². The smallest absolute Gasteiger partial charge is 0.295 e. The average molecular weight is 441 g/mol. The van der Waals surface area contributed by atoms with Gasteiger partial charge >= 0.3 is 0 Å². The van der Waals surface area contributed by atoms with E-state index in [1.807, 2.05) is 6.92 Å². The molecule has 1 heterocycles. The van der Waals surface area contributed by atoms with Crippen LogP contribution in [0.3, 0.4) is 0 Å². The average Bonchev–Trinajstić information content (AvgIpc) is 3.03. The number of Topliss-reactive ketones (excluding diaryl/α,β-unsaturated/α-hetero) is 1. The minimum absolute atomic E-state index is 0.0525. The Morgan fingerprint density at radius 3 is 2.28 bits per heavy atom. The van der Waals surface area contributed by atoms with Gasteiger partial charge in [0.15, 0.2) is 11.5 Å². The summed E-state index contributed by atoms with van der Waals surface area (Å²) >= 11 is 0. The third-order valence-electron chi connectivity index (χ3n) is 5.59. The molecule has 32 heavy (non-hydrogen) atoms. The number of amides is 1. The zero-order valence-electron chi connectivity index (χ0n) is 18.8. The van der Waals surface area contributed by atoms with E-state index in [1.165, 1.54) is 25.2 Å². The highest BCUT2D eigenvalue weighted by molar-refractivity contribution is 6.46. The van der Waals surface area contributed by atoms with Gasteiger partial charge in [-0.25, -0.2) is 0 Å². The minimum atomic E-state index is -0.899. The molecule has 1 aliphatic rings. The molecule has 3 rings (SSSR count). The minimum Gasteiger partial charge on any atom is -0.507 e. The Morgan fingerprint density at radius 2 is 1.69 bits per heavy atom. The molecule has 2 N–H and O–H groups in total. The Morgan fingerprint density at radius 1 is 1.00 bits per heavy atom. The van der Waals surface area contributed by atoms with E-state index < -0.39 is 17.7 Å². The van der Waals surface area contributed by atoms with Gasteiger partial charge in [0.2, 0.25) is 0 Å². The molecular formula is C24H27NO7. The largest absolute Gasteiger partial charge is 0.507 e. The number of nitrogens with zero attached hydrogens (tertiary/aromatic N) is 1. The highest BCUT2D eigenvalue weighted by Gasteiger charge is 2.46. The Balaban J connectivity index is 2.23. The first-order valence-corrected chi connectivity index (χ1v) is 10.0. The molecule has 1 unspecified atom stereocenters. The van der Waals surface area contributed by atoms with Gasteiger partial charge in [0, 0.05) is 19.2 Å². The van der Waals surface area contributed by atoms with Crippen LogP contribution >= 0.6 is 0 Å². The summed E-state index contributed by atoms with van der Waals surface area (Å²) in [6, 6.07) is 7.20. The predicted octanol–water partition coefficient (Wildman–Crippen LogP) is 3.09. The topological polar surface area (TPSA) is 106 Å². The lowest BCUT2D eigenvalue weighted by Gasteiger charge is -2.25. The molecule has 0 saturated carbocycles. The molecule has 1 aliphatic heterocycles. The zero-order chi connectivity index (χ0) is 23.6. The molecule has 8 nitrogen and oxygen atoms in total. The quantitative estimate of drug-likeness (QED) is 0.386. The van der Waals surface area contributed by atoms with E-state index in [2.05, 4.69) is 0 Å². The summed E-state index contributed by atoms with van der Waals surface area (Å²) in [5.41, 5.74) is 2.29. The molecule has 1 fully saturated rings. The first-order valence-electron chi connectivity index (χ1n) is 10.0. The van der Waals surface area contributed by atoms with Gasteiger partial charge in [-0.3, -0.25) is 9.59 Å². The lowest BCUT2D eigenvalue weighted by atomic mass is 9.93. The predicted molar refractivity (Wildman–Crippen MR) is 118 cm³/mol. The lowest BCUT2D eigenvalue weighted by Crippen LogP contribution is -2.32. The van der Waals surface area contributed by atoms with Crippen molar-refractivity contribution in [3.63, 3.8) is 0 Å². The van der Waals surface area contributed by atoms with Gasteiger partial charge in [-0.1, -0.05) is 6.07 Å². The van der Waals surface area contributed by atoms with Crippen molar-refractivity contribution < 1.29 is 34.0 Å². The van der Waals surface area contributed by atoms with Crippen molar-refractivity contribution in [2.24, 2.45) is 0 Å². The number of hydrogen-bond acceptors (Lipinski definition) is 7. The number of methoxy groups -OCH3 is 3. The monoisotopic (exact) mass is 441 g/mol. The van der Waals surface area contributed by atoms with Crippen molar-refractivity contribution in [2.75, 3.05) is 34.5 Å². The van der Waals surface area contributed by atoms with Gasteiger partial charge < -0.3 is 29.3 Å². The SMILES string of the molecule is COCCN1C(=O)C(=O)/C(=C(/O)c2cc(C)c(OC)cc2C)C1c1ccc(OC)c(O)c1. The number of likely N-dealkylation sites (tertiary alicyclic amines) is 1. The zero-order valence-corrected chi connectivity index (χ0v) is 18.8.